The smallest absolute Gasteiger partial charge is 0.112 e. The number of carboxylic acid groups (broad SMARTS) is 1. The Morgan fingerprint density at radius 2 is 0.786 bits per heavy atom. The van der Waals surface area contributed by atoms with Gasteiger partial charge in [-0.1, -0.05) is 156 Å². The second-order valence-corrected chi connectivity index (χ2v) is 14.7. The highest BCUT2D eigenvalue weighted by Gasteiger charge is 2.44. The molecule has 0 heterocycles. The highest BCUT2D eigenvalue weighted by molar-refractivity contribution is 7.95. The predicted octanol–water partition coefficient (Wildman–Crippen LogP) is 8.73. The number of carboxylic acids is 1. The molecule has 0 aliphatic carbocycles. The number of hydrogen-bond donors (Lipinski definition) is 0. The van der Waals surface area contributed by atoms with Gasteiger partial charge in [0, 0.05) is 0 Å². The van der Waals surface area contributed by atoms with Crippen LogP contribution in [-0.2, 0) is 0 Å². The number of aromatic carboxylic acids is 1. The van der Waals surface area contributed by atoms with E-state index in [4.69, 9.17) is 0 Å². The summed E-state index contributed by atoms with van der Waals surface area (Å²) >= 11 is 0. The van der Waals surface area contributed by atoms with Gasteiger partial charge in [-0.15, -0.1) is 0 Å². The molecule has 0 unspecified atom stereocenters. The van der Waals surface area contributed by atoms with E-state index in [9.17, 15) is 9.90 Å². The Balaban J connectivity index is 0.000000458. The third-order valence-corrected chi connectivity index (χ3v) is 12.5. The molecule has 222 valence electrons. The van der Waals surface area contributed by atoms with Gasteiger partial charge < -0.3 is 9.90 Å². The van der Waals surface area contributed by atoms with E-state index in [0.717, 1.165) is 0 Å². The molecule has 0 radical (unpaired) electrons. The molecule has 0 bridgehead atoms. The summed E-state index contributed by atoms with van der Waals surface area (Å²) in [5.41, 5.74) is 0.220. The molecule has 0 aliphatic heterocycles. The van der Waals surface area contributed by atoms with Crippen molar-refractivity contribution in [2.24, 2.45) is 0 Å². The van der Waals surface area contributed by atoms with E-state index in [2.05, 4.69) is 97.9 Å². The molecular formula is C39H49O2P. The molecule has 0 amide bonds. The van der Waals surface area contributed by atoms with E-state index in [-0.39, 0.29) is 5.56 Å². The molecule has 4 rings (SSSR count). The summed E-state index contributed by atoms with van der Waals surface area (Å²) in [6, 6.07) is 42.1. The Bertz CT molecular complexity index is 1130. The molecule has 0 aliphatic rings. The molecule has 2 nitrogen and oxygen atoms in total. The number of carbonyl (C=O) groups is 1. The molecule has 0 atom stereocenters. The first-order valence-electron chi connectivity index (χ1n) is 16.0. The Hall–Kier alpha value is -3.22. The zero-order valence-corrected chi connectivity index (χ0v) is 26.4. The van der Waals surface area contributed by atoms with Crippen molar-refractivity contribution in [1.82, 2.24) is 0 Å². The van der Waals surface area contributed by atoms with Crippen molar-refractivity contribution >= 4 is 29.1 Å². The van der Waals surface area contributed by atoms with E-state index < -0.39 is 13.2 Å². The van der Waals surface area contributed by atoms with Crippen molar-refractivity contribution in [2.75, 3.05) is 6.16 Å². The molecule has 0 spiro atoms. The summed E-state index contributed by atoms with van der Waals surface area (Å²) in [6.07, 6.45) is 18.1. The van der Waals surface area contributed by atoms with E-state index in [1.165, 1.54) is 111 Å². The van der Waals surface area contributed by atoms with Crippen molar-refractivity contribution in [3.8, 4) is 0 Å². The Morgan fingerprint density at radius 3 is 1.10 bits per heavy atom. The Morgan fingerprint density at radius 1 is 0.476 bits per heavy atom. The van der Waals surface area contributed by atoms with Crippen molar-refractivity contribution in [3.05, 3.63) is 127 Å². The van der Waals surface area contributed by atoms with E-state index >= 15 is 0 Å². The molecule has 0 saturated carbocycles. The molecule has 4 aromatic carbocycles. The molecule has 0 aromatic heterocycles. The van der Waals surface area contributed by atoms with Crippen LogP contribution in [0.1, 0.15) is 94.3 Å². The lowest BCUT2D eigenvalue weighted by atomic mass is 10.1. The molecule has 0 fully saturated rings. The maximum absolute atomic E-state index is 10.1. The Kier molecular flexibility index (Phi) is 15.7. The van der Waals surface area contributed by atoms with E-state index in [1.807, 2.05) is 0 Å². The van der Waals surface area contributed by atoms with Gasteiger partial charge in [-0.25, -0.2) is 0 Å². The van der Waals surface area contributed by atoms with Crippen LogP contribution in [0.2, 0.25) is 0 Å². The number of carbonyl (C=O) groups excluding carboxylic acids is 1. The first-order chi connectivity index (χ1) is 20.7. The highest BCUT2D eigenvalue weighted by atomic mass is 31.2. The normalized spacial score (nSPS) is 11.0. The first-order valence-corrected chi connectivity index (χ1v) is 18.0. The monoisotopic (exact) mass is 580 g/mol. The SMILES string of the molecule is CCCCCCCCCCCCCC[P+](c1ccccc1)(c1ccccc1)c1ccccc1.O=C([O-])c1ccccc1. The highest BCUT2D eigenvalue weighted by Crippen LogP contribution is 2.56. The van der Waals surface area contributed by atoms with Gasteiger partial charge in [0.2, 0.25) is 0 Å². The van der Waals surface area contributed by atoms with Gasteiger partial charge in [0.1, 0.15) is 23.2 Å². The average molecular weight is 581 g/mol. The second kappa shape index (κ2) is 19.8. The van der Waals surface area contributed by atoms with Crippen molar-refractivity contribution < 1.29 is 9.90 Å². The summed E-state index contributed by atoms with van der Waals surface area (Å²) in [5, 5.41) is 14.6. The lowest BCUT2D eigenvalue weighted by Crippen LogP contribution is -2.33. The van der Waals surface area contributed by atoms with Crippen LogP contribution in [0, 0.1) is 0 Å². The van der Waals surface area contributed by atoms with Crippen LogP contribution in [0.25, 0.3) is 0 Å². The van der Waals surface area contributed by atoms with E-state index in [1.54, 1.807) is 18.2 Å². The van der Waals surface area contributed by atoms with Crippen molar-refractivity contribution in [1.29, 1.82) is 0 Å². The van der Waals surface area contributed by atoms with Crippen LogP contribution in [0.15, 0.2) is 121 Å². The van der Waals surface area contributed by atoms with Crippen molar-refractivity contribution in [2.45, 2.75) is 84.0 Å². The zero-order valence-electron chi connectivity index (χ0n) is 25.5. The van der Waals surface area contributed by atoms with Gasteiger partial charge in [0.25, 0.3) is 0 Å². The largest absolute Gasteiger partial charge is 0.545 e. The predicted molar refractivity (Wildman–Crippen MR) is 182 cm³/mol. The number of hydrogen-bond acceptors (Lipinski definition) is 2. The van der Waals surface area contributed by atoms with Gasteiger partial charge in [-0.3, -0.25) is 0 Å². The fourth-order valence-corrected chi connectivity index (χ4v) is 10.1. The summed E-state index contributed by atoms with van der Waals surface area (Å²) < 4.78 is 0. The van der Waals surface area contributed by atoms with Gasteiger partial charge in [0.05, 0.1) is 12.1 Å². The van der Waals surface area contributed by atoms with Crippen LogP contribution < -0.4 is 21.0 Å². The van der Waals surface area contributed by atoms with Crippen LogP contribution in [0.3, 0.4) is 0 Å². The van der Waals surface area contributed by atoms with Gasteiger partial charge in [-0.2, -0.15) is 0 Å². The van der Waals surface area contributed by atoms with Crippen LogP contribution in [0.5, 0.6) is 0 Å². The Labute approximate surface area is 255 Å². The minimum Gasteiger partial charge on any atom is -0.545 e. The topological polar surface area (TPSA) is 40.1 Å². The second-order valence-electron chi connectivity index (χ2n) is 11.1. The summed E-state index contributed by atoms with van der Waals surface area (Å²) in [7, 11) is -1.63. The quantitative estimate of drug-likeness (QED) is 0.0925. The molecule has 42 heavy (non-hydrogen) atoms. The molecular weight excluding hydrogens is 531 g/mol. The van der Waals surface area contributed by atoms with Gasteiger partial charge in [-0.05, 0) is 54.8 Å². The number of rotatable bonds is 17. The fraction of sp³-hybridized carbons (Fsp3) is 0.359. The van der Waals surface area contributed by atoms with Gasteiger partial charge in [0.15, 0.2) is 0 Å². The number of unbranched alkanes of at least 4 members (excludes halogenated alkanes) is 11. The average Bonchev–Trinajstić information content (AvgIpc) is 3.05. The summed E-state index contributed by atoms with van der Waals surface area (Å²) in [5.74, 6) is -1.13. The minimum atomic E-state index is -1.63. The van der Waals surface area contributed by atoms with Crippen LogP contribution >= 0.6 is 7.26 Å². The maximum atomic E-state index is 10.1. The van der Waals surface area contributed by atoms with Crippen LogP contribution in [0.4, 0.5) is 0 Å². The lowest BCUT2D eigenvalue weighted by Gasteiger charge is -2.27. The summed E-state index contributed by atoms with van der Waals surface area (Å²) in [6.45, 7) is 2.30. The summed E-state index contributed by atoms with van der Waals surface area (Å²) in [4.78, 5) is 10.1. The van der Waals surface area contributed by atoms with Gasteiger partial charge >= 0.3 is 0 Å². The van der Waals surface area contributed by atoms with Crippen LogP contribution in [-0.4, -0.2) is 12.1 Å². The molecule has 0 saturated heterocycles. The zero-order chi connectivity index (χ0) is 29.7. The van der Waals surface area contributed by atoms with Crippen molar-refractivity contribution in [3.63, 3.8) is 0 Å². The maximum Gasteiger partial charge on any atom is 0.112 e. The molecule has 3 heteroatoms. The third kappa shape index (κ3) is 10.9. The minimum absolute atomic E-state index is 0.220. The lowest BCUT2D eigenvalue weighted by molar-refractivity contribution is -0.255. The first kappa shape index (κ1) is 33.3. The molecule has 4 aromatic rings. The number of benzene rings is 4. The van der Waals surface area contributed by atoms with E-state index in [0.29, 0.717) is 0 Å². The molecule has 0 N–H and O–H groups in total. The standard InChI is InChI=1S/C32H44P.C7H6O2/c1-2-3-4-5-6-7-8-9-10-11-12-22-29-33(30-23-16-13-17-24-30,31-25-18-14-19-26-31)32-27-20-15-21-28-32;8-7(9)6-4-2-1-3-5-6/h13-21,23-28H,2-12,22,29H2,1H3;1-5H,(H,8,9)/q+1;/p-1. The third-order valence-electron chi connectivity index (χ3n) is 7.95. The fourth-order valence-electron chi connectivity index (χ4n) is 5.65.